The molecule has 0 bridgehead atoms. The van der Waals surface area contributed by atoms with E-state index in [1.165, 1.54) is 0 Å². The fourth-order valence-corrected chi connectivity index (χ4v) is 1.69. The number of nitrogens with zero attached hydrogens (tertiary/aromatic N) is 3. The van der Waals surface area contributed by atoms with E-state index >= 15 is 0 Å². The van der Waals surface area contributed by atoms with Crippen molar-refractivity contribution in [1.29, 1.82) is 0 Å². The van der Waals surface area contributed by atoms with E-state index in [0.717, 1.165) is 11.1 Å². The minimum atomic E-state index is 0.428. The number of benzene rings is 1. The average molecular weight is 253 g/mol. The first-order valence-electron chi connectivity index (χ1n) is 5.69. The minimum absolute atomic E-state index is 0.428. The maximum atomic E-state index is 5.31. The second kappa shape index (κ2) is 4.87. The van der Waals surface area contributed by atoms with Gasteiger partial charge in [-0.1, -0.05) is 35.5 Å². The smallest absolute Gasteiger partial charge is 0.258 e. The summed E-state index contributed by atoms with van der Waals surface area (Å²) in [6.07, 6.45) is 1.62. The van der Waals surface area contributed by atoms with Crippen molar-refractivity contribution in [1.82, 2.24) is 15.1 Å². The molecule has 2 heterocycles. The predicted octanol–water partition coefficient (Wildman–Crippen LogP) is 2.08. The molecule has 0 fully saturated rings. The van der Waals surface area contributed by atoms with E-state index in [4.69, 9.17) is 10.4 Å². The number of hydrogen-bond acceptors (Lipinski definition) is 6. The number of aromatic nitrogens is 3. The lowest BCUT2D eigenvalue weighted by atomic mass is 10.2. The maximum absolute atomic E-state index is 5.31. The van der Waals surface area contributed by atoms with Crippen LogP contribution < -0.4 is 11.3 Å². The van der Waals surface area contributed by atoms with Crippen LogP contribution in [0.5, 0.6) is 0 Å². The van der Waals surface area contributed by atoms with E-state index in [-0.39, 0.29) is 0 Å². The predicted molar refractivity (Wildman–Crippen MR) is 70.8 cm³/mol. The zero-order chi connectivity index (χ0) is 13.1. The molecule has 0 aliphatic carbocycles. The number of hydrogen-bond donors (Lipinski definition) is 2. The van der Waals surface area contributed by atoms with Gasteiger partial charge in [0.25, 0.3) is 5.89 Å². The Morgan fingerprint density at radius 2 is 1.89 bits per heavy atom. The Kier molecular flexibility index (Phi) is 2.91. The number of hydrazine groups is 1. The van der Waals surface area contributed by atoms with Crippen LogP contribution in [-0.2, 0) is 0 Å². The van der Waals surface area contributed by atoms with Gasteiger partial charge in [0.1, 0.15) is 5.82 Å². The standard InChI is InChI=1S/C13H11N5O/c14-17-11-8-10(6-7-15-11)13-16-12(18-19-13)9-4-2-1-3-5-9/h1-8H,14H2,(H,15,17). The summed E-state index contributed by atoms with van der Waals surface area (Å²) in [5, 5.41) is 3.96. The molecule has 94 valence electrons. The molecule has 0 radical (unpaired) electrons. The number of anilines is 1. The van der Waals surface area contributed by atoms with Gasteiger partial charge >= 0.3 is 0 Å². The fraction of sp³-hybridized carbons (Fsp3) is 0. The van der Waals surface area contributed by atoms with Crippen LogP contribution in [0.3, 0.4) is 0 Å². The quantitative estimate of drug-likeness (QED) is 0.548. The molecule has 3 N–H and O–H groups in total. The van der Waals surface area contributed by atoms with Crippen LogP contribution in [0.1, 0.15) is 0 Å². The summed E-state index contributed by atoms with van der Waals surface area (Å²) in [4.78, 5) is 8.37. The average Bonchev–Trinajstić information content (AvgIpc) is 2.98. The third-order valence-electron chi connectivity index (χ3n) is 2.61. The van der Waals surface area contributed by atoms with Crippen LogP contribution in [0.4, 0.5) is 5.82 Å². The first-order chi connectivity index (χ1) is 9.36. The highest BCUT2D eigenvalue weighted by Gasteiger charge is 2.10. The molecule has 1 aromatic carbocycles. The van der Waals surface area contributed by atoms with E-state index in [1.54, 1.807) is 18.3 Å². The molecule has 0 aliphatic heterocycles. The molecule has 3 rings (SSSR count). The van der Waals surface area contributed by atoms with E-state index in [2.05, 4.69) is 20.6 Å². The summed E-state index contributed by atoms with van der Waals surface area (Å²) in [5.41, 5.74) is 4.14. The maximum Gasteiger partial charge on any atom is 0.258 e. The molecule has 0 saturated carbocycles. The Morgan fingerprint density at radius 1 is 1.05 bits per heavy atom. The SMILES string of the molecule is NNc1cc(-c2nc(-c3ccccc3)no2)ccn1. The normalized spacial score (nSPS) is 10.4. The van der Waals surface area contributed by atoms with Crippen molar-refractivity contribution in [2.75, 3.05) is 5.43 Å². The molecule has 0 saturated heterocycles. The van der Waals surface area contributed by atoms with Crippen molar-refractivity contribution in [2.45, 2.75) is 0 Å². The van der Waals surface area contributed by atoms with Gasteiger partial charge in [-0.25, -0.2) is 10.8 Å². The van der Waals surface area contributed by atoms with Gasteiger partial charge in [0.15, 0.2) is 0 Å². The topological polar surface area (TPSA) is 89.9 Å². The van der Waals surface area contributed by atoms with Crippen LogP contribution in [0, 0.1) is 0 Å². The second-order valence-corrected chi connectivity index (χ2v) is 3.86. The number of rotatable bonds is 3. The summed E-state index contributed by atoms with van der Waals surface area (Å²) in [5.74, 6) is 6.83. The van der Waals surface area contributed by atoms with Crippen molar-refractivity contribution in [3.63, 3.8) is 0 Å². The van der Waals surface area contributed by atoms with E-state index in [0.29, 0.717) is 17.5 Å². The molecule has 3 aromatic rings. The van der Waals surface area contributed by atoms with Crippen LogP contribution in [0.25, 0.3) is 22.8 Å². The third-order valence-corrected chi connectivity index (χ3v) is 2.61. The lowest BCUT2D eigenvalue weighted by molar-refractivity contribution is 0.432. The molecule has 19 heavy (non-hydrogen) atoms. The highest BCUT2D eigenvalue weighted by Crippen LogP contribution is 2.22. The molecule has 0 amide bonds. The summed E-state index contributed by atoms with van der Waals surface area (Å²) >= 11 is 0. The number of nitrogen functional groups attached to an aromatic ring is 1. The van der Waals surface area contributed by atoms with Gasteiger partial charge in [0.2, 0.25) is 5.82 Å². The van der Waals surface area contributed by atoms with Gasteiger partial charge in [0.05, 0.1) is 0 Å². The van der Waals surface area contributed by atoms with Gasteiger partial charge in [-0.3, -0.25) is 0 Å². The van der Waals surface area contributed by atoms with Crippen LogP contribution in [-0.4, -0.2) is 15.1 Å². The number of pyridine rings is 1. The van der Waals surface area contributed by atoms with Gasteiger partial charge < -0.3 is 9.95 Å². The van der Waals surface area contributed by atoms with Crippen molar-refractivity contribution in [2.24, 2.45) is 5.84 Å². The van der Waals surface area contributed by atoms with Crippen LogP contribution >= 0.6 is 0 Å². The van der Waals surface area contributed by atoms with E-state index in [9.17, 15) is 0 Å². The molecule has 0 spiro atoms. The Labute approximate surface area is 109 Å². The van der Waals surface area contributed by atoms with Crippen molar-refractivity contribution in [3.05, 3.63) is 48.7 Å². The number of nitrogens with two attached hydrogens (primary N) is 1. The molecule has 0 aliphatic rings. The Morgan fingerprint density at radius 3 is 2.68 bits per heavy atom. The molecule has 2 aromatic heterocycles. The summed E-state index contributed by atoms with van der Waals surface area (Å²) in [7, 11) is 0. The highest BCUT2D eigenvalue weighted by molar-refractivity contribution is 5.61. The Balaban J connectivity index is 1.97. The van der Waals surface area contributed by atoms with Crippen molar-refractivity contribution >= 4 is 5.82 Å². The van der Waals surface area contributed by atoms with Gasteiger partial charge in [0, 0.05) is 17.3 Å². The first kappa shape index (κ1) is 11.4. The van der Waals surface area contributed by atoms with Gasteiger partial charge in [-0.05, 0) is 12.1 Å². The summed E-state index contributed by atoms with van der Waals surface area (Å²) in [6, 6.07) is 13.2. The molecule has 0 unspecified atom stereocenters. The first-order valence-corrected chi connectivity index (χ1v) is 5.69. The largest absolute Gasteiger partial charge is 0.334 e. The molecular formula is C13H11N5O. The Hall–Kier alpha value is -2.73. The lowest BCUT2D eigenvalue weighted by Gasteiger charge is -1.98. The molecule has 6 heteroatoms. The lowest BCUT2D eigenvalue weighted by Crippen LogP contribution is -2.08. The van der Waals surface area contributed by atoms with Gasteiger partial charge in [-0.15, -0.1) is 0 Å². The van der Waals surface area contributed by atoms with E-state index < -0.39 is 0 Å². The van der Waals surface area contributed by atoms with Gasteiger partial charge in [-0.2, -0.15) is 4.98 Å². The molecular weight excluding hydrogens is 242 g/mol. The van der Waals surface area contributed by atoms with Crippen LogP contribution in [0.15, 0.2) is 53.2 Å². The minimum Gasteiger partial charge on any atom is -0.334 e. The highest BCUT2D eigenvalue weighted by atomic mass is 16.5. The van der Waals surface area contributed by atoms with Crippen LogP contribution in [0.2, 0.25) is 0 Å². The van der Waals surface area contributed by atoms with Crippen molar-refractivity contribution < 1.29 is 4.52 Å². The Bertz CT molecular complexity index is 680. The molecule has 6 nitrogen and oxygen atoms in total. The van der Waals surface area contributed by atoms with Crippen molar-refractivity contribution in [3.8, 4) is 22.8 Å². The third kappa shape index (κ3) is 2.29. The monoisotopic (exact) mass is 253 g/mol. The summed E-state index contributed by atoms with van der Waals surface area (Å²) < 4.78 is 5.25. The zero-order valence-corrected chi connectivity index (χ0v) is 9.95. The number of nitrogens with one attached hydrogen (secondary N) is 1. The van der Waals surface area contributed by atoms with E-state index in [1.807, 2.05) is 30.3 Å². The second-order valence-electron chi connectivity index (χ2n) is 3.86. The summed E-state index contributed by atoms with van der Waals surface area (Å²) in [6.45, 7) is 0. The molecule has 0 atom stereocenters. The fourth-order valence-electron chi connectivity index (χ4n) is 1.69. The zero-order valence-electron chi connectivity index (χ0n) is 9.95.